The first kappa shape index (κ1) is 13.8. The Morgan fingerprint density at radius 2 is 1.72 bits per heavy atom. The molecule has 2 aliphatic heterocycles. The van der Waals surface area contributed by atoms with Gasteiger partial charge in [-0.25, -0.2) is 8.42 Å². The molecule has 5 nitrogen and oxygen atoms in total. The van der Waals surface area contributed by atoms with Crippen molar-refractivity contribution in [1.29, 1.82) is 0 Å². The number of amides is 1. The van der Waals surface area contributed by atoms with Gasteiger partial charge in [0.15, 0.2) is 9.84 Å². The molecule has 6 heteroatoms. The Labute approximate surface area is 109 Å². The molecule has 2 aliphatic rings. The number of nitrogens with zero attached hydrogens (tertiary/aromatic N) is 2. The van der Waals surface area contributed by atoms with Gasteiger partial charge in [0.2, 0.25) is 5.91 Å². The molecule has 1 unspecified atom stereocenters. The maximum Gasteiger partial charge on any atom is 0.239 e. The highest BCUT2D eigenvalue weighted by atomic mass is 32.2. The van der Waals surface area contributed by atoms with Crippen LogP contribution in [0.15, 0.2) is 0 Å². The summed E-state index contributed by atoms with van der Waals surface area (Å²) in [4.78, 5) is 16.3. The molecule has 2 fully saturated rings. The van der Waals surface area contributed by atoms with Gasteiger partial charge in [0, 0.05) is 13.1 Å². The van der Waals surface area contributed by atoms with Crippen LogP contribution < -0.4 is 0 Å². The molecule has 1 amide bonds. The normalized spacial score (nSPS) is 29.8. The second-order valence-electron chi connectivity index (χ2n) is 5.32. The second-order valence-corrected chi connectivity index (χ2v) is 7.63. The third-order valence-corrected chi connectivity index (χ3v) is 5.57. The summed E-state index contributed by atoms with van der Waals surface area (Å²) in [5.74, 6) is 0.360. The highest BCUT2D eigenvalue weighted by molar-refractivity contribution is 7.91. The third-order valence-electron chi connectivity index (χ3n) is 3.96. The van der Waals surface area contributed by atoms with Crippen molar-refractivity contribution in [2.24, 2.45) is 0 Å². The van der Waals surface area contributed by atoms with E-state index in [9.17, 15) is 13.2 Å². The molecule has 2 rings (SSSR count). The van der Waals surface area contributed by atoms with Crippen LogP contribution >= 0.6 is 0 Å². The summed E-state index contributed by atoms with van der Waals surface area (Å²) in [6.07, 6.45) is 4.32. The summed E-state index contributed by atoms with van der Waals surface area (Å²) in [6, 6.07) is -0.0479. The minimum Gasteiger partial charge on any atom is -0.339 e. The van der Waals surface area contributed by atoms with E-state index in [2.05, 4.69) is 4.90 Å². The summed E-state index contributed by atoms with van der Waals surface area (Å²) >= 11 is 0. The van der Waals surface area contributed by atoms with Crippen molar-refractivity contribution in [1.82, 2.24) is 9.80 Å². The number of hydrogen-bond acceptors (Lipinski definition) is 4. The number of likely N-dealkylation sites (tertiary alicyclic amines) is 1. The second kappa shape index (κ2) is 5.57. The number of hydrogen-bond donors (Lipinski definition) is 0. The summed E-state index contributed by atoms with van der Waals surface area (Å²) < 4.78 is 22.7. The molecular weight excluding hydrogens is 252 g/mol. The lowest BCUT2D eigenvalue weighted by molar-refractivity contribution is -0.136. The van der Waals surface area contributed by atoms with E-state index in [1.165, 1.54) is 6.42 Å². The van der Waals surface area contributed by atoms with Crippen LogP contribution in [0, 0.1) is 0 Å². The van der Waals surface area contributed by atoms with Gasteiger partial charge in [-0.1, -0.05) is 12.8 Å². The van der Waals surface area contributed by atoms with Crippen LogP contribution in [0.4, 0.5) is 0 Å². The van der Waals surface area contributed by atoms with Crippen LogP contribution in [0.1, 0.15) is 25.7 Å². The van der Waals surface area contributed by atoms with E-state index in [0.29, 0.717) is 13.1 Å². The molecule has 0 aromatic heterocycles. The molecule has 0 N–H and O–H groups in total. The summed E-state index contributed by atoms with van der Waals surface area (Å²) in [5, 5.41) is 0. The fourth-order valence-electron chi connectivity index (χ4n) is 2.71. The van der Waals surface area contributed by atoms with E-state index in [4.69, 9.17) is 0 Å². The predicted octanol–water partition coefficient (Wildman–Crippen LogP) is 0.118. The zero-order valence-corrected chi connectivity index (χ0v) is 11.8. The first-order chi connectivity index (χ1) is 8.49. The van der Waals surface area contributed by atoms with E-state index in [0.717, 1.165) is 25.8 Å². The fraction of sp³-hybridized carbons (Fsp3) is 0.917. The largest absolute Gasteiger partial charge is 0.339 e. The number of sulfone groups is 1. The zero-order valence-electron chi connectivity index (χ0n) is 11.0. The van der Waals surface area contributed by atoms with Gasteiger partial charge in [-0.15, -0.1) is 0 Å². The van der Waals surface area contributed by atoms with E-state index in [-0.39, 0.29) is 23.5 Å². The van der Waals surface area contributed by atoms with Crippen LogP contribution in [-0.4, -0.2) is 68.4 Å². The van der Waals surface area contributed by atoms with Crippen molar-refractivity contribution in [3.63, 3.8) is 0 Å². The van der Waals surface area contributed by atoms with Gasteiger partial charge in [-0.2, -0.15) is 0 Å². The van der Waals surface area contributed by atoms with Crippen LogP contribution in [0.2, 0.25) is 0 Å². The lowest BCUT2D eigenvalue weighted by atomic mass is 10.1. The number of rotatable bonds is 1. The van der Waals surface area contributed by atoms with Crippen LogP contribution in [0.25, 0.3) is 0 Å². The SMILES string of the molecule is CN1CCCCCC1C(=O)N1CCS(=O)(=O)CC1. The Hall–Kier alpha value is -0.620. The topological polar surface area (TPSA) is 57.7 Å². The molecular formula is C12H22N2O3S. The molecule has 2 heterocycles. The minimum absolute atomic E-state index is 0.0479. The third kappa shape index (κ3) is 3.23. The fourth-order valence-corrected chi connectivity index (χ4v) is 3.91. The van der Waals surface area contributed by atoms with Crippen molar-refractivity contribution in [3.05, 3.63) is 0 Å². The van der Waals surface area contributed by atoms with E-state index in [1.807, 2.05) is 7.05 Å². The van der Waals surface area contributed by atoms with Gasteiger partial charge < -0.3 is 4.90 Å². The molecule has 104 valence electrons. The molecule has 0 spiro atoms. The molecule has 2 saturated heterocycles. The summed E-state index contributed by atoms with van der Waals surface area (Å²) in [7, 11) is -0.914. The Morgan fingerprint density at radius 3 is 2.39 bits per heavy atom. The summed E-state index contributed by atoms with van der Waals surface area (Å²) in [6.45, 7) is 1.69. The highest BCUT2D eigenvalue weighted by Crippen LogP contribution is 2.18. The van der Waals surface area contributed by atoms with Crippen molar-refractivity contribution in [3.8, 4) is 0 Å². The van der Waals surface area contributed by atoms with Crippen molar-refractivity contribution in [2.75, 3.05) is 38.2 Å². The van der Waals surface area contributed by atoms with Gasteiger partial charge in [0.25, 0.3) is 0 Å². The smallest absolute Gasteiger partial charge is 0.239 e. The maximum atomic E-state index is 12.4. The Kier molecular flexibility index (Phi) is 4.27. The first-order valence-corrected chi connectivity index (χ1v) is 8.51. The Balaban J connectivity index is 1.98. The Bertz CT molecular complexity index is 394. The average molecular weight is 274 g/mol. The van der Waals surface area contributed by atoms with E-state index < -0.39 is 9.84 Å². The molecule has 0 aliphatic carbocycles. The van der Waals surface area contributed by atoms with E-state index >= 15 is 0 Å². The van der Waals surface area contributed by atoms with Crippen LogP contribution in [-0.2, 0) is 14.6 Å². The average Bonchev–Trinajstić information content (AvgIpc) is 2.53. The van der Waals surface area contributed by atoms with Crippen molar-refractivity contribution in [2.45, 2.75) is 31.7 Å². The van der Waals surface area contributed by atoms with Gasteiger partial charge in [-0.3, -0.25) is 9.69 Å². The maximum absolute atomic E-state index is 12.4. The number of carbonyl (C=O) groups is 1. The van der Waals surface area contributed by atoms with Gasteiger partial charge in [-0.05, 0) is 26.4 Å². The molecule has 0 radical (unpaired) electrons. The molecule has 18 heavy (non-hydrogen) atoms. The minimum atomic E-state index is -2.91. The molecule has 0 aromatic carbocycles. The van der Waals surface area contributed by atoms with Crippen molar-refractivity contribution >= 4 is 15.7 Å². The molecule has 0 saturated carbocycles. The van der Waals surface area contributed by atoms with Gasteiger partial charge in [0.05, 0.1) is 17.5 Å². The lowest BCUT2D eigenvalue weighted by Gasteiger charge is -2.33. The highest BCUT2D eigenvalue weighted by Gasteiger charge is 2.32. The monoisotopic (exact) mass is 274 g/mol. The van der Waals surface area contributed by atoms with Crippen LogP contribution in [0.3, 0.4) is 0 Å². The standard InChI is InChI=1S/C12H22N2O3S/c1-13-6-4-2-3-5-11(13)12(15)14-7-9-18(16,17)10-8-14/h11H,2-10H2,1H3. The van der Waals surface area contributed by atoms with Gasteiger partial charge >= 0.3 is 0 Å². The van der Waals surface area contributed by atoms with Crippen molar-refractivity contribution < 1.29 is 13.2 Å². The quantitative estimate of drug-likeness (QED) is 0.681. The number of likely N-dealkylation sites (N-methyl/N-ethyl adjacent to an activating group) is 1. The number of carbonyl (C=O) groups excluding carboxylic acids is 1. The molecule has 1 atom stereocenters. The first-order valence-electron chi connectivity index (χ1n) is 6.69. The van der Waals surface area contributed by atoms with E-state index in [1.54, 1.807) is 4.90 Å². The molecule has 0 aromatic rings. The zero-order chi connectivity index (χ0) is 13.2. The molecule has 0 bridgehead atoms. The Morgan fingerprint density at radius 1 is 1.06 bits per heavy atom. The predicted molar refractivity (Wildman–Crippen MR) is 70.1 cm³/mol. The van der Waals surface area contributed by atoms with Crippen LogP contribution in [0.5, 0.6) is 0 Å². The van der Waals surface area contributed by atoms with Gasteiger partial charge in [0.1, 0.15) is 0 Å². The lowest BCUT2D eigenvalue weighted by Crippen LogP contribution is -2.51. The summed E-state index contributed by atoms with van der Waals surface area (Å²) in [5.41, 5.74) is 0.